The highest BCUT2D eigenvalue weighted by Crippen LogP contribution is 2.22. The molecule has 0 bridgehead atoms. The fourth-order valence-corrected chi connectivity index (χ4v) is 3.85. The number of benzene rings is 1. The standard InChI is InChI=1S/C20H25N5O/c1-13-16(9-10-19(26)23-15-6-5-11-21-12-15)14(2)25-20(22-13)17-7-3-4-8-18(17)24-25/h3-4,7-8,15,21H,5-6,9-12H2,1-2H3,(H,23,26)/t15-/m0/s1. The van der Waals surface area contributed by atoms with Gasteiger partial charge in [0.2, 0.25) is 5.91 Å². The minimum atomic E-state index is 0.114. The largest absolute Gasteiger partial charge is 0.352 e. The third-order valence-corrected chi connectivity index (χ3v) is 5.28. The van der Waals surface area contributed by atoms with Crippen molar-refractivity contribution in [3.05, 3.63) is 41.2 Å². The van der Waals surface area contributed by atoms with Crippen LogP contribution in [0.4, 0.5) is 0 Å². The van der Waals surface area contributed by atoms with Gasteiger partial charge in [-0.3, -0.25) is 4.79 Å². The third-order valence-electron chi connectivity index (χ3n) is 5.28. The molecule has 6 heteroatoms. The van der Waals surface area contributed by atoms with Gasteiger partial charge in [0.1, 0.15) is 0 Å². The highest BCUT2D eigenvalue weighted by molar-refractivity contribution is 5.92. The molecule has 0 spiro atoms. The second-order valence-electron chi connectivity index (χ2n) is 7.12. The van der Waals surface area contributed by atoms with Gasteiger partial charge in [-0.1, -0.05) is 12.1 Å². The molecule has 1 aliphatic heterocycles. The lowest BCUT2D eigenvalue weighted by atomic mass is 10.0. The second-order valence-corrected chi connectivity index (χ2v) is 7.12. The normalized spacial score (nSPS) is 17.7. The molecular weight excluding hydrogens is 326 g/mol. The summed E-state index contributed by atoms with van der Waals surface area (Å²) < 4.78 is 1.91. The first kappa shape index (κ1) is 17.0. The lowest BCUT2D eigenvalue weighted by Crippen LogP contribution is -2.45. The number of nitrogens with one attached hydrogen (secondary N) is 2. The number of amides is 1. The number of hydrogen-bond acceptors (Lipinski definition) is 4. The number of carbonyl (C=O) groups is 1. The lowest BCUT2D eigenvalue weighted by molar-refractivity contribution is -0.121. The number of piperidine rings is 1. The summed E-state index contributed by atoms with van der Waals surface area (Å²) in [5.74, 6) is 0.114. The third kappa shape index (κ3) is 3.17. The summed E-state index contributed by atoms with van der Waals surface area (Å²) in [6.07, 6.45) is 3.34. The van der Waals surface area contributed by atoms with E-state index in [2.05, 4.69) is 28.7 Å². The Bertz CT molecular complexity index is 956. The molecule has 0 radical (unpaired) electrons. The molecule has 1 fully saturated rings. The van der Waals surface area contributed by atoms with Gasteiger partial charge in [-0.25, -0.2) is 9.50 Å². The Morgan fingerprint density at radius 3 is 3.00 bits per heavy atom. The fraction of sp³-hybridized carbons (Fsp3) is 0.450. The molecule has 1 atom stereocenters. The van der Waals surface area contributed by atoms with Crippen LogP contribution in [0.15, 0.2) is 24.3 Å². The van der Waals surface area contributed by atoms with Crippen LogP contribution in [0.1, 0.15) is 36.2 Å². The molecule has 0 unspecified atom stereocenters. The van der Waals surface area contributed by atoms with Gasteiger partial charge in [-0.15, -0.1) is 0 Å². The predicted molar refractivity (Wildman–Crippen MR) is 102 cm³/mol. The molecule has 0 aliphatic carbocycles. The monoisotopic (exact) mass is 351 g/mol. The minimum Gasteiger partial charge on any atom is -0.352 e. The first-order valence-electron chi connectivity index (χ1n) is 9.37. The number of nitrogens with zero attached hydrogens (tertiary/aromatic N) is 3. The van der Waals surface area contributed by atoms with Crippen molar-refractivity contribution >= 4 is 22.5 Å². The van der Waals surface area contributed by atoms with E-state index in [0.717, 1.165) is 59.4 Å². The Balaban J connectivity index is 1.54. The number of fused-ring (bicyclic) bond motifs is 3. The quantitative estimate of drug-likeness (QED) is 0.757. The molecule has 1 saturated heterocycles. The van der Waals surface area contributed by atoms with Crippen LogP contribution in [0, 0.1) is 13.8 Å². The van der Waals surface area contributed by atoms with E-state index in [0.29, 0.717) is 12.8 Å². The van der Waals surface area contributed by atoms with Crippen molar-refractivity contribution in [1.29, 1.82) is 0 Å². The van der Waals surface area contributed by atoms with Crippen LogP contribution in [-0.4, -0.2) is 39.6 Å². The molecule has 26 heavy (non-hydrogen) atoms. The van der Waals surface area contributed by atoms with Crippen LogP contribution in [0.2, 0.25) is 0 Å². The maximum absolute atomic E-state index is 12.3. The predicted octanol–water partition coefficient (Wildman–Crippen LogP) is 2.30. The van der Waals surface area contributed by atoms with Gasteiger partial charge in [-0.2, -0.15) is 5.10 Å². The van der Waals surface area contributed by atoms with Crippen molar-refractivity contribution in [3.63, 3.8) is 0 Å². The van der Waals surface area contributed by atoms with Crippen molar-refractivity contribution in [2.24, 2.45) is 0 Å². The van der Waals surface area contributed by atoms with E-state index in [9.17, 15) is 4.79 Å². The van der Waals surface area contributed by atoms with Gasteiger partial charge in [0.15, 0.2) is 5.65 Å². The number of carbonyl (C=O) groups excluding carboxylic acids is 1. The first-order chi connectivity index (χ1) is 12.6. The lowest BCUT2D eigenvalue weighted by Gasteiger charge is -2.23. The van der Waals surface area contributed by atoms with E-state index in [1.165, 1.54) is 0 Å². The van der Waals surface area contributed by atoms with Crippen LogP contribution < -0.4 is 10.6 Å². The molecule has 1 amide bonds. The molecule has 3 aromatic rings. The molecule has 136 valence electrons. The van der Waals surface area contributed by atoms with Gasteiger partial charge in [-0.05, 0) is 57.4 Å². The van der Waals surface area contributed by atoms with Gasteiger partial charge < -0.3 is 10.6 Å². The van der Waals surface area contributed by atoms with Crippen molar-refractivity contribution < 1.29 is 4.79 Å². The van der Waals surface area contributed by atoms with Crippen molar-refractivity contribution in [2.75, 3.05) is 13.1 Å². The zero-order valence-electron chi connectivity index (χ0n) is 15.4. The first-order valence-corrected chi connectivity index (χ1v) is 9.37. The van der Waals surface area contributed by atoms with Gasteiger partial charge in [0, 0.05) is 35.8 Å². The van der Waals surface area contributed by atoms with E-state index in [-0.39, 0.29) is 11.9 Å². The van der Waals surface area contributed by atoms with Crippen LogP contribution in [0.5, 0.6) is 0 Å². The molecule has 1 aliphatic rings. The Morgan fingerprint density at radius 2 is 2.19 bits per heavy atom. The van der Waals surface area contributed by atoms with Gasteiger partial charge in [0.25, 0.3) is 0 Å². The highest BCUT2D eigenvalue weighted by Gasteiger charge is 2.17. The van der Waals surface area contributed by atoms with Crippen LogP contribution in [0.3, 0.4) is 0 Å². The summed E-state index contributed by atoms with van der Waals surface area (Å²) in [7, 11) is 0. The zero-order chi connectivity index (χ0) is 18.1. The fourth-order valence-electron chi connectivity index (χ4n) is 3.85. The Morgan fingerprint density at radius 1 is 1.35 bits per heavy atom. The Hall–Kier alpha value is -2.47. The van der Waals surface area contributed by atoms with Crippen LogP contribution in [0.25, 0.3) is 16.6 Å². The summed E-state index contributed by atoms with van der Waals surface area (Å²) in [6.45, 7) is 6.00. The van der Waals surface area contributed by atoms with Crippen molar-refractivity contribution in [3.8, 4) is 0 Å². The number of hydrogen-bond donors (Lipinski definition) is 2. The average Bonchev–Trinajstić information content (AvgIpc) is 3.01. The van der Waals surface area contributed by atoms with E-state index >= 15 is 0 Å². The smallest absolute Gasteiger partial charge is 0.220 e. The van der Waals surface area contributed by atoms with Crippen molar-refractivity contribution in [1.82, 2.24) is 25.2 Å². The van der Waals surface area contributed by atoms with E-state index in [1.54, 1.807) is 0 Å². The maximum atomic E-state index is 12.3. The number of aromatic nitrogens is 3. The topological polar surface area (TPSA) is 71.3 Å². The zero-order valence-corrected chi connectivity index (χ0v) is 15.4. The molecule has 3 heterocycles. The number of aryl methyl sites for hydroxylation is 2. The molecule has 1 aromatic carbocycles. The molecule has 6 nitrogen and oxygen atoms in total. The maximum Gasteiger partial charge on any atom is 0.220 e. The Labute approximate surface area is 153 Å². The van der Waals surface area contributed by atoms with Gasteiger partial charge in [0.05, 0.1) is 5.52 Å². The summed E-state index contributed by atoms with van der Waals surface area (Å²) in [5, 5.41) is 12.2. The SMILES string of the molecule is Cc1nc2c3ccccc3nn2c(C)c1CCC(=O)N[C@H]1CCCNC1. The van der Waals surface area contributed by atoms with E-state index < -0.39 is 0 Å². The van der Waals surface area contributed by atoms with Crippen molar-refractivity contribution in [2.45, 2.75) is 45.6 Å². The van der Waals surface area contributed by atoms with Crippen LogP contribution >= 0.6 is 0 Å². The van der Waals surface area contributed by atoms with Crippen LogP contribution in [-0.2, 0) is 11.2 Å². The second kappa shape index (κ2) is 7.03. The molecule has 2 aromatic heterocycles. The molecular formula is C20H25N5O. The summed E-state index contributed by atoms with van der Waals surface area (Å²) in [4.78, 5) is 17.1. The Kier molecular flexibility index (Phi) is 4.59. The average molecular weight is 351 g/mol. The van der Waals surface area contributed by atoms with Gasteiger partial charge >= 0.3 is 0 Å². The summed E-state index contributed by atoms with van der Waals surface area (Å²) in [5.41, 5.74) is 4.99. The molecule has 2 N–H and O–H groups in total. The number of rotatable bonds is 4. The van der Waals surface area contributed by atoms with E-state index in [4.69, 9.17) is 4.98 Å². The molecule has 0 saturated carbocycles. The summed E-state index contributed by atoms with van der Waals surface area (Å²) in [6, 6.07) is 8.31. The molecule has 4 rings (SSSR count). The minimum absolute atomic E-state index is 0.114. The van der Waals surface area contributed by atoms with E-state index in [1.807, 2.05) is 29.6 Å². The highest BCUT2D eigenvalue weighted by atomic mass is 16.1. The summed E-state index contributed by atoms with van der Waals surface area (Å²) >= 11 is 0.